The Hall–Kier alpha value is -3.69. The summed E-state index contributed by atoms with van der Waals surface area (Å²) in [4.78, 5) is 11.5. The number of sulfone groups is 1. The summed E-state index contributed by atoms with van der Waals surface area (Å²) in [6.07, 6.45) is 0.141. The molecule has 206 valence electrons. The van der Waals surface area contributed by atoms with Gasteiger partial charge in [0.25, 0.3) is 0 Å². The topological polar surface area (TPSA) is 121 Å². The van der Waals surface area contributed by atoms with Gasteiger partial charge in [0.05, 0.1) is 21.6 Å². The lowest BCUT2D eigenvalue weighted by atomic mass is 10.1. The molecule has 3 aromatic carbocycles. The first-order chi connectivity index (χ1) is 18.5. The third-order valence-corrected chi connectivity index (χ3v) is 9.54. The highest BCUT2D eigenvalue weighted by Gasteiger charge is 2.27. The fourth-order valence-electron chi connectivity index (χ4n) is 3.72. The van der Waals surface area contributed by atoms with Gasteiger partial charge in [-0.1, -0.05) is 47.9 Å². The maximum atomic E-state index is 13.1. The van der Waals surface area contributed by atoms with Crippen LogP contribution < -0.4 is 4.74 Å². The molecule has 0 fully saturated rings. The van der Waals surface area contributed by atoms with E-state index in [0.29, 0.717) is 21.9 Å². The number of benzene rings is 3. The lowest BCUT2D eigenvalue weighted by Gasteiger charge is -2.23. The molecule has 0 aliphatic heterocycles. The Bertz CT molecular complexity index is 1540. The Labute approximate surface area is 229 Å². The van der Waals surface area contributed by atoms with Gasteiger partial charge in [0.15, 0.2) is 9.84 Å². The Kier molecular flexibility index (Phi) is 9.88. The number of aryl methyl sites for hydroxylation is 1. The van der Waals surface area contributed by atoms with Gasteiger partial charge in [0.1, 0.15) is 12.4 Å². The summed E-state index contributed by atoms with van der Waals surface area (Å²) in [5.74, 6) is 5.32. The number of hydrogen-bond donors (Lipinski definition) is 1. The Morgan fingerprint density at radius 2 is 1.51 bits per heavy atom. The average molecular weight is 571 g/mol. The molecule has 0 heterocycles. The van der Waals surface area contributed by atoms with Crippen molar-refractivity contribution >= 4 is 26.3 Å². The van der Waals surface area contributed by atoms with Crippen molar-refractivity contribution in [3.05, 3.63) is 89.5 Å². The SMILES string of the molecule is CC#CCOc1ccc(S(=O)(=O)CC(c2ccc(CN(C)S(=O)(=O)c3ccc(C)cc3)cc2)N(O)C=O)cc1. The van der Waals surface area contributed by atoms with E-state index in [1.54, 1.807) is 55.5 Å². The minimum Gasteiger partial charge on any atom is -0.481 e. The number of carbonyl (C=O) groups excluding carboxylic acids is 1. The van der Waals surface area contributed by atoms with Crippen molar-refractivity contribution in [2.24, 2.45) is 0 Å². The van der Waals surface area contributed by atoms with Crippen LogP contribution in [0.4, 0.5) is 0 Å². The minimum atomic E-state index is -3.92. The number of hydrogen-bond acceptors (Lipinski definition) is 7. The first-order valence-corrected chi connectivity index (χ1v) is 15.0. The van der Waals surface area contributed by atoms with Gasteiger partial charge in [-0.05, 0) is 61.4 Å². The van der Waals surface area contributed by atoms with Crippen molar-refractivity contribution in [1.29, 1.82) is 0 Å². The van der Waals surface area contributed by atoms with Crippen molar-refractivity contribution in [3.63, 3.8) is 0 Å². The smallest absolute Gasteiger partial charge is 0.243 e. The normalized spacial score (nSPS) is 12.3. The van der Waals surface area contributed by atoms with Crippen LogP contribution in [0, 0.1) is 18.8 Å². The van der Waals surface area contributed by atoms with Gasteiger partial charge < -0.3 is 4.74 Å². The largest absolute Gasteiger partial charge is 0.481 e. The average Bonchev–Trinajstić information content (AvgIpc) is 2.92. The molecule has 0 saturated carbocycles. The van der Waals surface area contributed by atoms with E-state index in [2.05, 4.69) is 11.8 Å². The van der Waals surface area contributed by atoms with E-state index in [-0.39, 0.29) is 29.4 Å². The summed E-state index contributed by atoms with van der Waals surface area (Å²) in [6, 6.07) is 17.5. The zero-order chi connectivity index (χ0) is 28.6. The minimum absolute atomic E-state index is 0.000261. The lowest BCUT2D eigenvalue weighted by Crippen LogP contribution is -2.30. The predicted octanol–water partition coefficient (Wildman–Crippen LogP) is 3.58. The lowest BCUT2D eigenvalue weighted by molar-refractivity contribution is -0.158. The summed E-state index contributed by atoms with van der Waals surface area (Å²) < 4.78 is 58.6. The molecule has 1 amide bonds. The first-order valence-electron chi connectivity index (χ1n) is 11.9. The van der Waals surface area contributed by atoms with Crippen LogP contribution in [0.25, 0.3) is 0 Å². The molecular weight excluding hydrogens is 540 g/mol. The second kappa shape index (κ2) is 12.9. The van der Waals surface area contributed by atoms with Gasteiger partial charge in [0.2, 0.25) is 16.4 Å². The van der Waals surface area contributed by atoms with E-state index in [9.17, 15) is 26.8 Å². The number of hydroxylamine groups is 2. The van der Waals surface area contributed by atoms with Gasteiger partial charge in [-0.15, -0.1) is 5.92 Å². The molecule has 0 aliphatic rings. The fourth-order valence-corrected chi connectivity index (χ4v) is 6.38. The van der Waals surface area contributed by atoms with Crippen molar-refractivity contribution in [2.45, 2.75) is 36.2 Å². The third-order valence-electron chi connectivity index (χ3n) is 5.97. The van der Waals surface area contributed by atoms with Crippen LogP contribution in [-0.4, -0.2) is 57.2 Å². The number of carbonyl (C=O) groups is 1. The number of amides is 1. The number of nitrogens with zero attached hydrogens (tertiary/aromatic N) is 2. The van der Waals surface area contributed by atoms with E-state index in [0.717, 1.165) is 5.56 Å². The molecule has 3 rings (SSSR count). The maximum Gasteiger partial charge on any atom is 0.243 e. The standard InChI is InChI=1S/C28H30N2O7S2/c1-4-5-18-37-25-12-16-26(17-13-25)38(33,34)20-28(30(32)21-31)24-10-8-23(9-11-24)19-29(3)39(35,36)27-14-6-22(2)7-15-27/h6-17,21,28,32H,18-20H2,1-3H3. The molecule has 39 heavy (non-hydrogen) atoms. The molecule has 9 nitrogen and oxygen atoms in total. The molecule has 11 heteroatoms. The molecule has 0 aliphatic carbocycles. The van der Waals surface area contributed by atoms with E-state index in [1.807, 2.05) is 6.92 Å². The summed E-state index contributed by atoms with van der Waals surface area (Å²) >= 11 is 0. The molecule has 1 unspecified atom stereocenters. The van der Waals surface area contributed by atoms with Crippen LogP contribution in [0.1, 0.15) is 29.7 Å². The zero-order valence-corrected chi connectivity index (χ0v) is 23.4. The zero-order valence-electron chi connectivity index (χ0n) is 21.8. The van der Waals surface area contributed by atoms with E-state index in [1.165, 1.54) is 35.6 Å². The highest BCUT2D eigenvalue weighted by molar-refractivity contribution is 7.91. The fraction of sp³-hybridized carbons (Fsp3) is 0.250. The molecule has 1 atom stereocenters. The van der Waals surface area contributed by atoms with Gasteiger partial charge in [-0.25, -0.2) is 21.9 Å². The molecule has 0 saturated heterocycles. The van der Waals surface area contributed by atoms with Crippen LogP contribution in [0.15, 0.2) is 82.6 Å². The highest BCUT2D eigenvalue weighted by Crippen LogP contribution is 2.26. The van der Waals surface area contributed by atoms with Gasteiger partial charge in [0, 0.05) is 13.6 Å². The first kappa shape index (κ1) is 29.9. The van der Waals surface area contributed by atoms with Crippen molar-refractivity contribution < 1.29 is 31.6 Å². The van der Waals surface area contributed by atoms with Crippen molar-refractivity contribution in [2.75, 3.05) is 19.4 Å². The van der Waals surface area contributed by atoms with Crippen molar-refractivity contribution in [3.8, 4) is 17.6 Å². The molecule has 0 aromatic heterocycles. The molecule has 0 bridgehead atoms. The van der Waals surface area contributed by atoms with Gasteiger partial charge >= 0.3 is 0 Å². The summed E-state index contributed by atoms with van der Waals surface area (Å²) in [6.45, 7) is 3.79. The number of sulfonamides is 1. The Balaban J connectivity index is 1.76. The van der Waals surface area contributed by atoms with Crippen LogP contribution in [0.3, 0.4) is 0 Å². The Morgan fingerprint density at radius 1 is 0.923 bits per heavy atom. The third kappa shape index (κ3) is 7.68. The van der Waals surface area contributed by atoms with Crippen LogP contribution in [0.5, 0.6) is 5.75 Å². The molecule has 3 aromatic rings. The monoisotopic (exact) mass is 570 g/mol. The second-order valence-corrected chi connectivity index (χ2v) is 12.9. The molecule has 0 radical (unpaired) electrons. The quantitative estimate of drug-likeness (QED) is 0.153. The van der Waals surface area contributed by atoms with E-state index < -0.39 is 31.7 Å². The Morgan fingerprint density at radius 3 is 2.08 bits per heavy atom. The van der Waals surface area contributed by atoms with Crippen LogP contribution in [0.2, 0.25) is 0 Å². The second-order valence-electron chi connectivity index (χ2n) is 8.79. The van der Waals surface area contributed by atoms with Crippen molar-refractivity contribution in [1.82, 2.24) is 9.37 Å². The maximum absolute atomic E-state index is 13.1. The number of rotatable bonds is 12. The number of ether oxygens (including phenoxy) is 1. The van der Waals surface area contributed by atoms with Crippen LogP contribution in [-0.2, 0) is 31.2 Å². The highest BCUT2D eigenvalue weighted by atomic mass is 32.2. The predicted molar refractivity (Wildman–Crippen MR) is 146 cm³/mol. The molecule has 0 spiro atoms. The van der Waals surface area contributed by atoms with E-state index >= 15 is 0 Å². The van der Waals surface area contributed by atoms with Gasteiger partial charge in [-0.2, -0.15) is 4.31 Å². The summed E-state index contributed by atoms with van der Waals surface area (Å²) in [5, 5.41) is 10.5. The van der Waals surface area contributed by atoms with Crippen LogP contribution >= 0.6 is 0 Å². The van der Waals surface area contributed by atoms with E-state index in [4.69, 9.17) is 4.74 Å². The molecular formula is C28H30N2O7S2. The molecule has 1 N–H and O–H groups in total. The summed E-state index contributed by atoms with van der Waals surface area (Å²) in [5.41, 5.74) is 1.94. The summed E-state index contributed by atoms with van der Waals surface area (Å²) in [7, 11) is -6.17. The van der Waals surface area contributed by atoms with Gasteiger partial charge in [-0.3, -0.25) is 10.0 Å².